The first kappa shape index (κ1) is 14.8. The fourth-order valence-corrected chi connectivity index (χ4v) is 4.71. The molecule has 1 aliphatic heterocycles. The van der Waals surface area contributed by atoms with Gasteiger partial charge in [-0.3, -0.25) is 4.90 Å². The van der Waals surface area contributed by atoms with Gasteiger partial charge in [-0.1, -0.05) is 50.2 Å². The number of hydrogen-bond donors (Lipinski definition) is 1. The van der Waals surface area contributed by atoms with Crippen molar-refractivity contribution >= 4 is 0 Å². The van der Waals surface area contributed by atoms with Crippen molar-refractivity contribution in [3.63, 3.8) is 0 Å². The van der Waals surface area contributed by atoms with Crippen LogP contribution in [0, 0.1) is 5.92 Å². The summed E-state index contributed by atoms with van der Waals surface area (Å²) in [5.41, 5.74) is 4.39. The maximum Gasteiger partial charge on any atom is 0.115 e. The molecule has 1 fully saturated rings. The van der Waals surface area contributed by atoms with E-state index in [1.807, 2.05) is 12.1 Å². The van der Waals surface area contributed by atoms with E-state index in [-0.39, 0.29) is 5.41 Å². The molecule has 2 aromatic rings. The van der Waals surface area contributed by atoms with Crippen LogP contribution in [0.15, 0.2) is 48.5 Å². The molecule has 2 heteroatoms. The van der Waals surface area contributed by atoms with E-state index in [0.29, 0.717) is 17.7 Å². The third-order valence-electron chi connectivity index (χ3n) is 6.34. The average molecular weight is 307 g/mol. The van der Waals surface area contributed by atoms with Crippen LogP contribution >= 0.6 is 0 Å². The van der Waals surface area contributed by atoms with E-state index >= 15 is 0 Å². The summed E-state index contributed by atoms with van der Waals surface area (Å²) in [6.07, 6.45) is 2.26. The summed E-state index contributed by atoms with van der Waals surface area (Å²) < 4.78 is 0. The van der Waals surface area contributed by atoms with E-state index in [9.17, 15) is 5.11 Å². The Balaban J connectivity index is 1.67. The van der Waals surface area contributed by atoms with Gasteiger partial charge in [0.2, 0.25) is 0 Å². The van der Waals surface area contributed by atoms with Crippen LogP contribution < -0.4 is 0 Å². The lowest BCUT2D eigenvalue weighted by molar-refractivity contribution is 0.0258. The predicted molar refractivity (Wildman–Crippen MR) is 93.6 cm³/mol. The highest BCUT2D eigenvalue weighted by Crippen LogP contribution is 2.49. The van der Waals surface area contributed by atoms with Crippen molar-refractivity contribution in [2.45, 2.75) is 44.7 Å². The predicted octanol–water partition coefficient (Wildman–Crippen LogP) is 4.12. The van der Waals surface area contributed by atoms with Gasteiger partial charge in [-0.15, -0.1) is 0 Å². The Morgan fingerprint density at radius 1 is 1.17 bits per heavy atom. The minimum atomic E-state index is 0.185. The molecule has 2 aliphatic rings. The van der Waals surface area contributed by atoms with Gasteiger partial charge in [0, 0.05) is 12.6 Å². The van der Waals surface area contributed by atoms with Gasteiger partial charge in [0.15, 0.2) is 0 Å². The number of aromatic hydroxyl groups is 1. The molecule has 2 aromatic carbocycles. The molecule has 3 atom stereocenters. The topological polar surface area (TPSA) is 23.5 Å². The second kappa shape index (κ2) is 5.38. The van der Waals surface area contributed by atoms with Crippen molar-refractivity contribution < 1.29 is 5.11 Å². The number of piperidine rings is 1. The largest absolute Gasteiger partial charge is 0.508 e. The maximum absolute atomic E-state index is 9.92. The number of rotatable bonds is 2. The molecule has 1 heterocycles. The molecular formula is C21H25NO. The van der Waals surface area contributed by atoms with Gasteiger partial charge in [0.25, 0.3) is 0 Å². The van der Waals surface area contributed by atoms with Gasteiger partial charge in [0.05, 0.1) is 0 Å². The van der Waals surface area contributed by atoms with Crippen molar-refractivity contribution in [1.82, 2.24) is 4.90 Å². The minimum absolute atomic E-state index is 0.185. The van der Waals surface area contributed by atoms with E-state index in [4.69, 9.17) is 0 Å². The number of phenolic OH excluding ortho intramolecular Hbond substituents is 1. The molecule has 4 rings (SSSR count). The first-order valence-corrected chi connectivity index (χ1v) is 8.68. The van der Waals surface area contributed by atoms with Crippen molar-refractivity contribution in [1.29, 1.82) is 0 Å². The first-order chi connectivity index (χ1) is 11.1. The summed E-state index contributed by atoms with van der Waals surface area (Å²) in [7, 11) is 0. The van der Waals surface area contributed by atoms with E-state index in [0.717, 1.165) is 25.9 Å². The monoisotopic (exact) mass is 307 g/mol. The molecule has 0 spiro atoms. The molecule has 0 saturated carbocycles. The van der Waals surface area contributed by atoms with Crippen LogP contribution in [0.2, 0.25) is 0 Å². The molecule has 1 saturated heterocycles. The zero-order valence-corrected chi connectivity index (χ0v) is 14.0. The molecule has 2 nitrogen and oxygen atoms in total. The van der Waals surface area contributed by atoms with Crippen molar-refractivity contribution in [2.24, 2.45) is 5.92 Å². The number of phenols is 1. The molecule has 1 unspecified atom stereocenters. The van der Waals surface area contributed by atoms with Crippen LogP contribution in [-0.4, -0.2) is 22.6 Å². The first-order valence-electron chi connectivity index (χ1n) is 8.68. The number of nitrogens with zero attached hydrogens (tertiary/aromatic N) is 1. The van der Waals surface area contributed by atoms with Gasteiger partial charge in [-0.25, -0.2) is 0 Å². The van der Waals surface area contributed by atoms with Gasteiger partial charge < -0.3 is 5.11 Å². The van der Waals surface area contributed by atoms with E-state index in [2.05, 4.69) is 55.1 Å². The average Bonchev–Trinajstić information content (AvgIpc) is 2.55. The molecule has 0 amide bonds. The van der Waals surface area contributed by atoms with Crippen molar-refractivity contribution in [3.05, 3.63) is 65.2 Å². The standard InChI is InChI=1S/C21H25NO/c1-15-20-12-17-8-9-18(23)13-19(17)21(15,2)10-11-22(20)14-16-6-4-3-5-7-16/h3-9,13,15,20,23H,10-12,14H2,1-2H3/t15?,20-,21-/m1/s1. The quantitative estimate of drug-likeness (QED) is 0.902. The van der Waals surface area contributed by atoms with Crippen molar-refractivity contribution in [3.8, 4) is 5.75 Å². The maximum atomic E-state index is 9.92. The lowest BCUT2D eigenvalue weighted by atomic mass is 9.59. The number of fused-ring (bicyclic) bond motifs is 4. The highest BCUT2D eigenvalue weighted by atomic mass is 16.3. The van der Waals surface area contributed by atoms with Gasteiger partial charge >= 0.3 is 0 Å². The number of likely N-dealkylation sites (tertiary alicyclic amines) is 1. The summed E-state index contributed by atoms with van der Waals surface area (Å²) in [6.45, 7) is 6.96. The van der Waals surface area contributed by atoms with Crippen LogP contribution in [-0.2, 0) is 18.4 Å². The van der Waals surface area contributed by atoms with Crippen LogP contribution in [0.1, 0.15) is 37.0 Å². The molecule has 0 radical (unpaired) electrons. The highest BCUT2D eigenvalue weighted by Gasteiger charge is 2.48. The molecular weight excluding hydrogens is 282 g/mol. The lowest BCUT2D eigenvalue weighted by Gasteiger charge is -2.54. The summed E-state index contributed by atoms with van der Waals surface area (Å²) in [5.74, 6) is 1.01. The summed E-state index contributed by atoms with van der Waals surface area (Å²) >= 11 is 0. The summed E-state index contributed by atoms with van der Waals surface area (Å²) in [6, 6.07) is 17.4. The molecule has 1 N–H and O–H groups in total. The highest BCUT2D eigenvalue weighted by molar-refractivity contribution is 5.44. The third-order valence-corrected chi connectivity index (χ3v) is 6.34. The Bertz CT molecular complexity index is 711. The molecule has 2 bridgehead atoms. The molecule has 0 aromatic heterocycles. The number of hydrogen-bond acceptors (Lipinski definition) is 2. The van der Waals surface area contributed by atoms with Gasteiger partial charge in [0.1, 0.15) is 5.75 Å². The van der Waals surface area contributed by atoms with E-state index < -0.39 is 0 Å². The normalized spacial score (nSPS) is 30.0. The fourth-order valence-electron chi connectivity index (χ4n) is 4.71. The Morgan fingerprint density at radius 2 is 1.96 bits per heavy atom. The smallest absolute Gasteiger partial charge is 0.115 e. The van der Waals surface area contributed by atoms with Gasteiger partial charge in [-0.05, 0) is 59.5 Å². The second-order valence-electron chi connectivity index (χ2n) is 7.53. The molecule has 1 aliphatic carbocycles. The van der Waals surface area contributed by atoms with E-state index in [1.165, 1.54) is 16.7 Å². The van der Waals surface area contributed by atoms with Crippen LogP contribution in [0.5, 0.6) is 5.75 Å². The molecule has 23 heavy (non-hydrogen) atoms. The summed E-state index contributed by atoms with van der Waals surface area (Å²) in [4.78, 5) is 2.66. The summed E-state index contributed by atoms with van der Waals surface area (Å²) in [5, 5.41) is 9.92. The Labute approximate surface area is 138 Å². The van der Waals surface area contributed by atoms with Gasteiger partial charge in [-0.2, -0.15) is 0 Å². The second-order valence-corrected chi connectivity index (χ2v) is 7.53. The Kier molecular flexibility index (Phi) is 3.46. The molecule has 120 valence electrons. The Morgan fingerprint density at radius 3 is 2.74 bits per heavy atom. The van der Waals surface area contributed by atoms with E-state index in [1.54, 1.807) is 0 Å². The zero-order valence-electron chi connectivity index (χ0n) is 14.0. The van der Waals surface area contributed by atoms with Crippen LogP contribution in [0.4, 0.5) is 0 Å². The van der Waals surface area contributed by atoms with Crippen molar-refractivity contribution in [2.75, 3.05) is 6.54 Å². The third kappa shape index (κ3) is 2.36. The fraction of sp³-hybridized carbons (Fsp3) is 0.429. The Hall–Kier alpha value is -1.80. The van der Waals surface area contributed by atoms with Crippen LogP contribution in [0.3, 0.4) is 0 Å². The lowest BCUT2D eigenvalue weighted by Crippen LogP contribution is -2.57. The minimum Gasteiger partial charge on any atom is -0.508 e. The van der Waals surface area contributed by atoms with Crippen LogP contribution in [0.25, 0.3) is 0 Å². The SMILES string of the molecule is CC1[C@H]2Cc3ccc(O)cc3[C@]1(C)CCN2Cc1ccccc1. The zero-order chi connectivity index (χ0) is 16.0. The number of benzene rings is 2.